The van der Waals surface area contributed by atoms with Gasteiger partial charge in [0.1, 0.15) is 5.82 Å². The maximum Gasteiger partial charge on any atom is 0.236 e. The molecule has 0 aliphatic carbocycles. The van der Waals surface area contributed by atoms with Gasteiger partial charge in [0.05, 0.1) is 24.5 Å². The third-order valence-corrected chi connectivity index (χ3v) is 3.91. The summed E-state index contributed by atoms with van der Waals surface area (Å²) in [5, 5.41) is 6.97. The third kappa shape index (κ3) is 2.42. The first-order valence-electron chi connectivity index (χ1n) is 7.00. The number of benzene rings is 1. The number of nitrogens with two attached hydrogens (primary N) is 1. The average molecular weight is 288 g/mol. The van der Waals surface area contributed by atoms with Crippen molar-refractivity contribution in [1.82, 2.24) is 15.1 Å². The fourth-order valence-electron chi connectivity index (χ4n) is 2.93. The minimum absolute atomic E-state index is 0.0142. The third-order valence-electron chi connectivity index (χ3n) is 3.91. The lowest BCUT2D eigenvalue weighted by Gasteiger charge is -2.24. The van der Waals surface area contributed by atoms with Gasteiger partial charge in [-0.25, -0.2) is 4.39 Å². The number of carbonyl (C=O) groups excluding carboxylic acids is 1. The Morgan fingerprint density at radius 3 is 3.00 bits per heavy atom. The number of hydrogen-bond donors (Lipinski definition) is 2. The molecule has 1 aliphatic heterocycles. The molecule has 6 heteroatoms. The van der Waals surface area contributed by atoms with Gasteiger partial charge >= 0.3 is 0 Å². The summed E-state index contributed by atoms with van der Waals surface area (Å²) in [6, 6.07) is 6.46. The number of rotatable bonds is 3. The second kappa shape index (κ2) is 5.65. The molecule has 1 aromatic heterocycles. The number of halogens is 1. The van der Waals surface area contributed by atoms with Gasteiger partial charge in [-0.1, -0.05) is 18.2 Å². The van der Waals surface area contributed by atoms with Gasteiger partial charge in [0.25, 0.3) is 0 Å². The molecule has 0 radical (unpaired) electrons. The van der Waals surface area contributed by atoms with E-state index in [2.05, 4.69) is 10.2 Å². The van der Waals surface area contributed by atoms with Crippen LogP contribution in [0.2, 0.25) is 0 Å². The summed E-state index contributed by atoms with van der Waals surface area (Å²) in [5.74, 6) is -0.388. The lowest BCUT2D eigenvalue weighted by molar-refractivity contribution is -0.130. The molecule has 2 heterocycles. The Morgan fingerprint density at radius 2 is 2.24 bits per heavy atom. The number of aromatic nitrogens is 2. The molecular formula is C15H17FN4O. The van der Waals surface area contributed by atoms with Crippen LogP contribution in [0, 0.1) is 5.82 Å². The smallest absolute Gasteiger partial charge is 0.236 e. The van der Waals surface area contributed by atoms with E-state index in [-0.39, 0.29) is 24.3 Å². The number of nitrogens with zero attached hydrogens (tertiary/aromatic N) is 2. The molecule has 110 valence electrons. The predicted octanol–water partition coefficient (Wildman–Crippen LogP) is 1.84. The number of amides is 1. The van der Waals surface area contributed by atoms with Crippen molar-refractivity contribution in [2.45, 2.75) is 18.9 Å². The van der Waals surface area contributed by atoms with Gasteiger partial charge in [-0.3, -0.25) is 9.89 Å². The second-order valence-corrected chi connectivity index (χ2v) is 5.13. The fourth-order valence-corrected chi connectivity index (χ4v) is 2.93. The Bertz CT molecular complexity index is 655. The molecular weight excluding hydrogens is 271 g/mol. The highest BCUT2D eigenvalue weighted by molar-refractivity contribution is 5.79. The van der Waals surface area contributed by atoms with Gasteiger partial charge < -0.3 is 10.6 Å². The van der Waals surface area contributed by atoms with Crippen molar-refractivity contribution in [3.05, 3.63) is 42.0 Å². The fraction of sp³-hybridized carbons (Fsp3) is 0.333. The van der Waals surface area contributed by atoms with Gasteiger partial charge in [0, 0.05) is 17.7 Å². The Kier molecular flexibility index (Phi) is 3.70. The highest BCUT2D eigenvalue weighted by atomic mass is 19.1. The summed E-state index contributed by atoms with van der Waals surface area (Å²) in [7, 11) is 0. The minimum Gasteiger partial charge on any atom is -0.333 e. The Morgan fingerprint density at radius 1 is 1.43 bits per heavy atom. The van der Waals surface area contributed by atoms with E-state index in [0.717, 1.165) is 18.5 Å². The molecule has 1 unspecified atom stereocenters. The van der Waals surface area contributed by atoms with Crippen LogP contribution in [-0.2, 0) is 4.79 Å². The summed E-state index contributed by atoms with van der Waals surface area (Å²) >= 11 is 0. The maximum absolute atomic E-state index is 14.0. The number of aromatic amines is 1. The van der Waals surface area contributed by atoms with Crippen LogP contribution < -0.4 is 5.73 Å². The normalized spacial score (nSPS) is 18.2. The predicted molar refractivity (Wildman–Crippen MR) is 76.7 cm³/mol. The van der Waals surface area contributed by atoms with Crippen molar-refractivity contribution in [2.75, 3.05) is 13.1 Å². The number of nitrogens with one attached hydrogen (secondary N) is 1. The van der Waals surface area contributed by atoms with Crippen LogP contribution in [0.3, 0.4) is 0 Å². The number of likely N-dealkylation sites (tertiary alicyclic amines) is 1. The quantitative estimate of drug-likeness (QED) is 0.905. The molecule has 1 fully saturated rings. The first-order valence-corrected chi connectivity index (χ1v) is 7.00. The van der Waals surface area contributed by atoms with Gasteiger partial charge in [0.15, 0.2) is 0 Å². The van der Waals surface area contributed by atoms with Crippen LogP contribution in [-0.4, -0.2) is 34.1 Å². The molecule has 0 bridgehead atoms. The van der Waals surface area contributed by atoms with Crippen LogP contribution in [0.5, 0.6) is 0 Å². The monoisotopic (exact) mass is 288 g/mol. The van der Waals surface area contributed by atoms with Crippen molar-refractivity contribution in [3.8, 4) is 11.1 Å². The van der Waals surface area contributed by atoms with Gasteiger partial charge in [-0.05, 0) is 18.9 Å². The summed E-state index contributed by atoms with van der Waals surface area (Å²) < 4.78 is 14.0. The Balaban J connectivity index is 2.00. The molecule has 5 nitrogen and oxygen atoms in total. The zero-order chi connectivity index (χ0) is 14.8. The van der Waals surface area contributed by atoms with Crippen molar-refractivity contribution >= 4 is 5.91 Å². The van der Waals surface area contributed by atoms with E-state index < -0.39 is 0 Å². The number of hydrogen-bond acceptors (Lipinski definition) is 3. The SMILES string of the molecule is NCC(=O)N1CCCC1c1[nH]ncc1-c1ccccc1F. The standard InChI is InChI=1S/C15H17FN4O/c16-12-5-2-1-4-10(12)11-9-18-19-15(11)13-6-3-7-20(13)14(21)8-17/h1-2,4-5,9,13H,3,6-8,17H2,(H,18,19). The molecule has 1 aliphatic rings. The van der Waals surface area contributed by atoms with E-state index in [9.17, 15) is 9.18 Å². The first-order chi connectivity index (χ1) is 10.2. The molecule has 21 heavy (non-hydrogen) atoms. The molecule has 1 aromatic carbocycles. The average Bonchev–Trinajstić information content (AvgIpc) is 3.15. The van der Waals surface area contributed by atoms with E-state index in [1.54, 1.807) is 29.3 Å². The van der Waals surface area contributed by atoms with Gasteiger partial charge in [-0.2, -0.15) is 5.10 Å². The van der Waals surface area contributed by atoms with E-state index in [1.165, 1.54) is 6.07 Å². The van der Waals surface area contributed by atoms with E-state index in [0.29, 0.717) is 17.7 Å². The van der Waals surface area contributed by atoms with Gasteiger partial charge in [0.2, 0.25) is 5.91 Å². The second-order valence-electron chi connectivity index (χ2n) is 5.13. The summed E-state index contributed by atoms with van der Waals surface area (Å²) in [6.45, 7) is 0.663. The molecule has 1 saturated heterocycles. The van der Waals surface area contributed by atoms with Crippen molar-refractivity contribution < 1.29 is 9.18 Å². The van der Waals surface area contributed by atoms with Crippen molar-refractivity contribution in [1.29, 1.82) is 0 Å². The number of carbonyl (C=O) groups is 1. The highest BCUT2D eigenvalue weighted by Gasteiger charge is 2.32. The van der Waals surface area contributed by atoms with Crippen molar-refractivity contribution in [2.24, 2.45) is 5.73 Å². The number of H-pyrrole nitrogens is 1. The van der Waals surface area contributed by atoms with Crippen LogP contribution in [0.4, 0.5) is 4.39 Å². The lowest BCUT2D eigenvalue weighted by Crippen LogP contribution is -2.35. The molecule has 0 spiro atoms. The molecule has 1 atom stereocenters. The van der Waals surface area contributed by atoms with E-state index >= 15 is 0 Å². The molecule has 3 N–H and O–H groups in total. The Hall–Kier alpha value is -2.21. The summed E-state index contributed by atoms with van der Waals surface area (Å²) in [6.07, 6.45) is 3.35. The largest absolute Gasteiger partial charge is 0.333 e. The molecule has 3 rings (SSSR count). The van der Waals surface area contributed by atoms with E-state index in [4.69, 9.17) is 5.73 Å². The topological polar surface area (TPSA) is 75.0 Å². The van der Waals surface area contributed by atoms with Crippen molar-refractivity contribution in [3.63, 3.8) is 0 Å². The van der Waals surface area contributed by atoms with Crippen LogP contribution in [0.25, 0.3) is 11.1 Å². The maximum atomic E-state index is 14.0. The van der Waals surface area contributed by atoms with E-state index in [1.807, 2.05) is 0 Å². The first kappa shape index (κ1) is 13.8. The summed E-state index contributed by atoms with van der Waals surface area (Å²) in [4.78, 5) is 13.7. The molecule has 0 saturated carbocycles. The Labute approximate surface area is 121 Å². The highest BCUT2D eigenvalue weighted by Crippen LogP contribution is 2.36. The molecule has 1 amide bonds. The van der Waals surface area contributed by atoms with Crippen LogP contribution >= 0.6 is 0 Å². The van der Waals surface area contributed by atoms with Gasteiger partial charge in [-0.15, -0.1) is 0 Å². The lowest BCUT2D eigenvalue weighted by atomic mass is 10.0. The zero-order valence-electron chi connectivity index (χ0n) is 11.6. The van der Waals surface area contributed by atoms with Crippen LogP contribution in [0.15, 0.2) is 30.5 Å². The minimum atomic E-state index is -0.296. The van der Waals surface area contributed by atoms with Crippen LogP contribution in [0.1, 0.15) is 24.6 Å². The zero-order valence-corrected chi connectivity index (χ0v) is 11.6. The molecule has 2 aromatic rings. The summed E-state index contributed by atoms with van der Waals surface area (Å²) in [5.41, 5.74) is 7.44.